The van der Waals surface area contributed by atoms with E-state index < -0.39 is 46.6 Å². The smallest absolute Gasteiger partial charge is 0.248 e. The summed E-state index contributed by atoms with van der Waals surface area (Å²) in [5.74, 6) is -3.51. The summed E-state index contributed by atoms with van der Waals surface area (Å²) >= 11 is 0. The fourth-order valence-corrected chi connectivity index (χ4v) is 4.19. The molecule has 0 amide bonds. The van der Waals surface area contributed by atoms with Gasteiger partial charge in [-0.05, 0) is 25.5 Å². The Hall–Kier alpha value is -2.07. The van der Waals surface area contributed by atoms with E-state index in [9.17, 15) is 21.6 Å². The third kappa shape index (κ3) is 5.26. The van der Waals surface area contributed by atoms with Gasteiger partial charge in [-0.1, -0.05) is 5.16 Å². The van der Waals surface area contributed by atoms with E-state index in [1.165, 1.54) is 12.1 Å². The predicted octanol–water partition coefficient (Wildman–Crippen LogP) is 3.52. The monoisotopic (exact) mass is 418 g/mol. The maximum absolute atomic E-state index is 14.4. The molecule has 1 N–H and O–H groups in total. The first-order valence-electron chi connectivity index (χ1n) is 8.74. The zero-order valence-corrected chi connectivity index (χ0v) is 16.2. The number of ether oxygens (including phenoxy) is 1. The molecule has 6 nitrogen and oxygen atoms in total. The van der Waals surface area contributed by atoms with Crippen LogP contribution in [0.2, 0.25) is 0 Å². The largest absolute Gasteiger partial charge is 0.493 e. The molecule has 3 rings (SSSR count). The molecular formula is C18H21F3N2O4S. The zero-order chi connectivity index (χ0) is 20.5. The quantitative estimate of drug-likeness (QED) is 0.776. The maximum atomic E-state index is 14.4. The van der Waals surface area contributed by atoms with Crippen LogP contribution in [0.4, 0.5) is 13.2 Å². The average molecular weight is 418 g/mol. The third-order valence-electron chi connectivity index (χ3n) is 4.62. The van der Waals surface area contributed by atoms with Crippen molar-refractivity contribution in [2.75, 3.05) is 12.9 Å². The Kier molecular flexibility index (Phi) is 5.72. The van der Waals surface area contributed by atoms with Gasteiger partial charge in [0.25, 0.3) is 0 Å². The van der Waals surface area contributed by atoms with Crippen molar-refractivity contribution in [3.8, 4) is 17.0 Å². The van der Waals surface area contributed by atoms with Crippen LogP contribution in [0.1, 0.15) is 25.0 Å². The van der Waals surface area contributed by atoms with Crippen molar-refractivity contribution in [1.29, 1.82) is 0 Å². The molecule has 0 bridgehead atoms. The summed E-state index contributed by atoms with van der Waals surface area (Å²) in [6.45, 7) is 1.53. The maximum Gasteiger partial charge on any atom is 0.248 e. The molecule has 1 heterocycles. The molecule has 2 atom stereocenters. The molecule has 28 heavy (non-hydrogen) atoms. The van der Waals surface area contributed by atoms with E-state index >= 15 is 0 Å². The first kappa shape index (κ1) is 20.7. The van der Waals surface area contributed by atoms with E-state index in [1.54, 1.807) is 13.0 Å². The summed E-state index contributed by atoms with van der Waals surface area (Å²) in [5, 5.41) is 3.75. The lowest BCUT2D eigenvalue weighted by molar-refractivity contribution is -0.0661. The van der Waals surface area contributed by atoms with Crippen LogP contribution in [-0.2, 0) is 10.0 Å². The van der Waals surface area contributed by atoms with Crippen molar-refractivity contribution in [3.05, 3.63) is 35.8 Å². The van der Waals surface area contributed by atoms with Gasteiger partial charge < -0.3 is 9.26 Å². The summed E-state index contributed by atoms with van der Waals surface area (Å²) in [4.78, 5) is 0. The van der Waals surface area contributed by atoms with Crippen molar-refractivity contribution < 1.29 is 30.8 Å². The number of sulfonamides is 1. The molecule has 0 spiro atoms. The SMILES string of the molecule is Cc1cc(-c2ccc(OC[C@@H]3CC(F)(F)CC[C@@H]3NS(C)(=O)=O)cc2F)no1. The fraction of sp³-hybridized carbons (Fsp3) is 0.500. The highest BCUT2D eigenvalue weighted by Crippen LogP contribution is 2.37. The summed E-state index contributed by atoms with van der Waals surface area (Å²) in [5.41, 5.74) is 0.566. The molecule has 0 aliphatic heterocycles. The van der Waals surface area contributed by atoms with Crippen LogP contribution in [0.3, 0.4) is 0 Å². The number of aryl methyl sites for hydroxylation is 1. The number of aromatic nitrogens is 1. The second-order valence-corrected chi connectivity index (χ2v) is 8.91. The van der Waals surface area contributed by atoms with E-state index in [0.29, 0.717) is 11.5 Å². The molecule has 1 aliphatic rings. The van der Waals surface area contributed by atoms with Gasteiger partial charge in [-0.25, -0.2) is 26.3 Å². The van der Waals surface area contributed by atoms with Crippen LogP contribution in [0.15, 0.2) is 28.8 Å². The van der Waals surface area contributed by atoms with Crippen LogP contribution in [0, 0.1) is 18.7 Å². The number of hydrogen-bond acceptors (Lipinski definition) is 5. The predicted molar refractivity (Wildman–Crippen MR) is 96.2 cm³/mol. The Balaban J connectivity index is 1.71. The van der Waals surface area contributed by atoms with Gasteiger partial charge in [0.2, 0.25) is 15.9 Å². The summed E-state index contributed by atoms with van der Waals surface area (Å²) in [6, 6.07) is 5.03. The molecule has 1 aliphatic carbocycles. The van der Waals surface area contributed by atoms with Gasteiger partial charge >= 0.3 is 0 Å². The number of hydrogen-bond donors (Lipinski definition) is 1. The minimum atomic E-state index is -3.54. The summed E-state index contributed by atoms with van der Waals surface area (Å²) in [6.07, 6.45) is 0.0976. The van der Waals surface area contributed by atoms with E-state index in [0.717, 1.165) is 12.3 Å². The van der Waals surface area contributed by atoms with Crippen LogP contribution in [-0.4, -0.2) is 38.4 Å². The van der Waals surface area contributed by atoms with E-state index in [1.807, 2.05) is 0 Å². The van der Waals surface area contributed by atoms with Crippen LogP contribution < -0.4 is 9.46 Å². The van der Waals surface area contributed by atoms with Crippen LogP contribution in [0.25, 0.3) is 11.3 Å². The van der Waals surface area contributed by atoms with E-state index in [-0.39, 0.29) is 24.3 Å². The van der Waals surface area contributed by atoms with Gasteiger partial charge in [0.1, 0.15) is 23.0 Å². The highest BCUT2D eigenvalue weighted by molar-refractivity contribution is 7.88. The van der Waals surface area contributed by atoms with Crippen LogP contribution >= 0.6 is 0 Å². The van der Waals surface area contributed by atoms with Gasteiger partial charge in [-0.2, -0.15) is 0 Å². The number of alkyl halides is 2. The average Bonchev–Trinajstić information content (AvgIpc) is 3.00. The molecule has 1 saturated carbocycles. The second kappa shape index (κ2) is 7.75. The molecule has 1 aromatic heterocycles. The lowest BCUT2D eigenvalue weighted by Crippen LogP contribution is -2.48. The molecule has 1 fully saturated rings. The zero-order valence-electron chi connectivity index (χ0n) is 15.4. The second-order valence-electron chi connectivity index (χ2n) is 7.13. The van der Waals surface area contributed by atoms with Crippen molar-refractivity contribution in [2.45, 2.75) is 38.2 Å². The van der Waals surface area contributed by atoms with Crippen molar-refractivity contribution in [3.63, 3.8) is 0 Å². The molecule has 10 heteroatoms. The molecule has 1 aromatic carbocycles. The molecule has 2 aromatic rings. The summed E-state index contributed by atoms with van der Waals surface area (Å²) < 4.78 is 77.8. The Morgan fingerprint density at radius 3 is 2.71 bits per heavy atom. The van der Waals surface area contributed by atoms with Crippen molar-refractivity contribution in [1.82, 2.24) is 9.88 Å². The first-order chi connectivity index (χ1) is 13.0. The van der Waals surface area contributed by atoms with Gasteiger partial charge in [0.15, 0.2) is 0 Å². The number of halogens is 3. The topological polar surface area (TPSA) is 81.4 Å². The van der Waals surface area contributed by atoms with Gasteiger partial charge in [-0.3, -0.25) is 0 Å². The molecule has 0 saturated heterocycles. The minimum absolute atomic E-state index is 0.00685. The summed E-state index contributed by atoms with van der Waals surface area (Å²) in [7, 11) is -3.54. The highest BCUT2D eigenvalue weighted by atomic mass is 32.2. The lowest BCUT2D eigenvalue weighted by atomic mass is 9.83. The lowest BCUT2D eigenvalue weighted by Gasteiger charge is -2.35. The third-order valence-corrected chi connectivity index (χ3v) is 5.36. The first-order valence-corrected chi connectivity index (χ1v) is 10.6. The van der Waals surface area contributed by atoms with Gasteiger partial charge in [0.05, 0.1) is 12.9 Å². The fourth-order valence-electron chi connectivity index (χ4n) is 3.33. The Morgan fingerprint density at radius 1 is 1.36 bits per heavy atom. The minimum Gasteiger partial charge on any atom is -0.493 e. The normalized spacial score (nSPS) is 22.2. The molecule has 154 valence electrons. The van der Waals surface area contributed by atoms with E-state index in [2.05, 4.69) is 9.88 Å². The molecular weight excluding hydrogens is 397 g/mol. The Labute approximate surface area is 161 Å². The van der Waals surface area contributed by atoms with Crippen molar-refractivity contribution >= 4 is 10.0 Å². The number of benzene rings is 1. The number of nitrogens with one attached hydrogen (secondary N) is 1. The highest BCUT2D eigenvalue weighted by Gasteiger charge is 2.42. The van der Waals surface area contributed by atoms with Gasteiger partial charge in [0, 0.05) is 42.5 Å². The molecule has 0 unspecified atom stereocenters. The van der Waals surface area contributed by atoms with Crippen molar-refractivity contribution in [2.24, 2.45) is 5.92 Å². The number of nitrogens with zero attached hydrogens (tertiary/aromatic N) is 1. The Bertz CT molecular complexity index is 946. The number of rotatable bonds is 6. The molecule has 0 radical (unpaired) electrons. The van der Waals surface area contributed by atoms with E-state index in [4.69, 9.17) is 9.26 Å². The Morgan fingerprint density at radius 2 is 2.11 bits per heavy atom. The van der Waals surface area contributed by atoms with Crippen LogP contribution in [0.5, 0.6) is 5.75 Å². The standard InChI is InChI=1S/C18H21F3N2O4S/c1-11-7-17(22-27-11)14-4-3-13(8-15(14)19)26-10-12-9-18(20,21)6-5-16(12)23-28(2,24)25/h3-4,7-8,12,16,23H,5-6,9-10H2,1-2H3/t12-,16-/m0/s1. The van der Waals surface area contributed by atoms with Gasteiger partial charge in [-0.15, -0.1) is 0 Å².